The summed E-state index contributed by atoms with van der Waals surface area (Å²) in [5, 5.41) is 0. The van der Waals surface area contributed by atoms with E-state index in [4.69, 9.17) is 4.74 Å². The highest BCUT2D eigenvalue weighted by atomic mass is 32.1. The first kappa shape index (κ1) is 20.0. The first-order valence-corrected chi connectivity index (χ1v) is 11.0. The zero-order chi connectivity index (χ0) is 21.0. The molecule has 3 nitrogen and oxygen atoms in total. The van der Waals surface area contributed by atoms with Gasteiger partial charge in [0, 0.05) is 10.6 Å². The molecule has 1 N–H and O–H groups in total. The Bertz CT molecular complexity index is 1070. The van der Waals surface area contributed by atoms with Crippen LogP contribution in [0.4, 0.5) is 0 Å². The fourth-order valence-electron chi connectivity index (χ4n) is 4.53. The topological polar surface area (TPSA) is 42.1 Å². The molecule has 4 rings (SSSR count). The summed E-state index contributed by atoms with van der Waals surface area (Å²) in [6, 6.07) is 11.8. The van der Waals surface area contributed by atoms with Crippen LogP contribution in [0.2, 0.25) is 0 Å². The van der Waals surface area contributed by atoms with Gasteiger partial charge in [-0.1, -0.05) is 39.8 Å². The summed E-state index contributed by atoms with van der Waals surface area (Å²) in [4.78, 5) is 18.2. The van der Waals surface area contributed by atoms with Crippen molar-refractivity contribution in [1.82, 2.24) is 4.98 Å². The Morgan fingerprint density at radius 3 is 2.21 bits per heavy atom. The highest BCUT2D eigenvalue weighted by molar-refractivity contribution is 7.16. The van der Waals surface area contributed by atoms with Crippen LogP contribution in [0.25, 0.3) is 21.8 Å². The lowest BCUT2D eigenvalue weighted by molar-refractivity contribution is 0.0601. The highest BCUT2D eigenvalue weighted by Gasteiger charge is 2.40. The number of aromatic amines is 1. The Morgan fingerprint density at radius 2 is 1.59 bits per heavy atom. The summed E-state index contributed by atoms with van der Waals surface area (Å²) in [6.45, 7) is 11.8. The summed E-state index contributed by atoms with van der Waals surface area (Å²) in [5.41, 5.74) is 7.27. The van der Waals surface area contributed by atoms with E-state index in [-0.39, 0.29) is 16.8 Å². The summed E-state index contributed by atoms with van der Waals surface area (Å²) in [5.74, 6) is -0.311. The maximum absolute atomic E-state index is 11.7. The van der Waals surface area contributed by atoms with Crippen molar-refractivity contribution in [1.29, 1.82) is 0 Å². The Labute approximate surface area is 177 Å². The van der Waals surface area contributed by atoms with Crippen LogP contribution in [0, 0.1) is 6.92 Å². The van der Waals surface area contributed by atoms with Crippen molar-refractivity contribution in [2.75, 3.05) is 7.11 Å². The number of hydrogen-bond donors (Lipinski definition) is 1. The zero-order valence-corrected chi connectivity index (χ0v) is 18.9. The largest absolute Gasteiger partial charge is 0.465 e. The molecule has 0 amide bonds. The van der Waals surface area contributed by atoms with Gasteiger partial charge in [0.1, 0.15) is 0 Å². The lowest BCUT2D eigenvalue weighted by atomic mass is 9.66. The van der Waals surface area contributed by atoms with Crippen LogP contribution in [0.1, 0.15) is 66.9 Å². The molecule has 1 aromatic carbocycles. The number of rotatable bonds is 3. The van der Waals surface area contributed by atoms with Crippen molar-refractivity contribution < 1.29 is 9.53 Å². The molecule has 1 aliphatic rings. The Hall–Kier alpha value is -2.33. The van der Waals surface area contributed by atoms with Gasteiger partial charge in [-0.25, -0.2) is 4.79 Å². The predicted octanol–water partition coefficient (Wildman–Crippen LogP) is 6.85. The minimum atomic E-state index is -0.311. The standard InChI is InChI=1S/C25H29NO2S/c1-15-20-22(25(4,5)14-13-24(20,2)3)29-21(15)19-12-11-18(26-19)16-7-9-17(10-8-16)23(27)28-6/h7-12,26H,13-14H2,1-6H3. The number of esters is 1. The maximum Gasteiger partial charge on any atom is 0.337 e. The van der Waals surface area contributed by atoms with E-state index in [1.54, 1.807) is 10.4 Å². The second-order valence-electron chi connectivity index (χ2n) is 9.38. The minimum Gasteiger partial charge on any atom is -0.465 e. The van der Waals surface area contributed by atoms with Crippen LogP contribution in [-0.2, 0) is 15.6 Å². The van der Waals surface area contributed by atoms with Crippen molar-refractivity contribution in [3.05, 3.63) is 58.0 Å². The fraction of sp³-hybridized carbons (Fsp3) is 0.400. The van der Waals surface area contributed by atoms with Crippen LogP contribution in [0.15, 0.2) is 36.4 Å². The molecule has 0 saturated heterocycles. The number of hydrogen-bond acceptors (Lipinski definition) is 3. The quantitative estimate of drug-likeness (QED) is 0.482. The normalized spacial score (nSPS) is 17.0. The van der Waals surface area contributed by atoms with Crippen molar-refractivity contribution >= 4 is 17.3 Å². The molecule has 0 unspecified atom stereocenters. The van der Waals surface area contributed by atoms with Gasteiger partial charge in [-0.15, -0.1) is 11.3 Å². The van der Waals surface area contributed by atoms with Gasteiger partial charge in [0.25, 0.3) is 0 Å². The second-order valence-corrected chi connectivity index (χ2v) is 10.4. The summed E-state index contributed by atoms with van der Waals surface area (Å²) in [7, 11) is 1.40. The maximum atomic E-state index is 11.7. The Morgan fingerprint density at radius 1 is 0.966 bits per heavy atom. The Balaban J connectivity index is 1.73. The van der Waals surface area contributed by atoms with E-state index in [0.29, 0.717) is 5.56 Å². The zero-order valence-electron chi connectivity index (χ0n) is 18.1. The van der Waals surface area contributed by atoms with Gasteiger partial charge in [0.2, 0.25) is 0 Å². The molecule has 29 heavy (non-hydrogen) atoms. The first-order valence-electron chi connectivity index (χ1n) is 10.2. The smallest absolute Gasteiger partial charge is 0.337 e. The van der Waals surface area contributed by atoms with E-state index in [2.05, 4.69) is 51.7 Å². The van der Waals surface area contributed by atoms with E-state index < -0.39 is 0 Å². The molecular formula is C25H29NO2S. The van der Waals surface area contributed by atoms with Gasteiger partial charge in [-0.05, 0) is 71.6 Å². The van der Waals surface area contributed by atoms with Crippen LogP contribution in [-0.4, -0.2) is 18.1 Å². The number of carbonyl (C=O) groups excluding carboxylic acids is 1. The molecule has 0 aliphatic heterocycles. The third-order valence-electron chi connectivity index (χ3n) is 6.36. The lowest BCUT2D eigenvalue weighted by Crippen LogP contribution is -2.32. The average Bonchev–Trinajstić information content (AvgIpc) is 3.31. The molecule has 0 saturated carbocycles. The number of benzene rings is 1. The number of nitrogens with one attached hydrogen (secondary N) is 1. The second kappa shape index (κ2) is 6.88. The predicted molar refractivity (Wildman–Crippen MR) is 121 cm³/mol. The molecule has 0 radical (unpaired) electrons. The molecule has 4 heteroatoms. The molecule has 2 aromatic heterocycles. The molecule has 3 aromatic rings. The van der Waals surface area contributed by atoms with Gasteiger partial charge in [0.05, 0.1) is 23.2 Å². The van der Waals surface area contributed by atoms with E-state index >= 15 is 0 Å². The number of aromatic nitrogens is 1. The van der Waals surface area contributed by atoms with Crippen molar-refractivity contribution in [3.63, 3.8) is 0 Å². The number of ether oxygens (including phenoxy) is 1. The van der Waals surface area contributed by atoms with E-state index in [1.807, 2.05) is 35.6 Å². The summed E-state index contributed by atoms with van der Waals surface area (Å²) >= 11 is 1.95. The van der Waals surface area contributed by atoms with Crippen LogP contribution >= 0.6 is 11.3 Å². The van der Waals surface area contributed by atoms with Crippen molar-refractivity contribution in [3.8, 4) is 21.8 Å². The molecule has 0 bridgehead atoms. The molecule has 0 atom stereocenters. The average molecular weight is 408 g/mol. The van der Waals surface area contributed by atoms with Crippen LogP contribution < -0.4 is 0 Å². The number of methoxy groups -OCH3 is 1. The van der Waals surface area contributed by atoms with Crippen molar-refractivity contribution in [2.24, 2.45) is 0 Å². The van der Waals surface area contributed by atoms with Crippen LogP contribution in [0.5, 0.6) is 0 Å². The number of fused-ring (bicyclic) bond motifs is 1. The van der Waals surface area contributed by atoms with E-state index in [1.165, 1.54) is 36.1 Å². The summed E-state index contributed by atoms with van der Waals surface area (Å²) < 4.78 is 4.78. The molecule has 2 heterocycles. The number of H-pyrrole nitrogens is 1. The van der Waals surface area contributed by atoms with Gasteiger partial charge in [-0.2, -0.15) is 0 Å². The third kappa shape index (κ3) is 3.33. The van der Waals surface area contributed by atoms with Crippen molar-refractivity contribution in [2.45, 2.75) is 58.3 Å². The lowest BCUT2D eigenvalue weighted by Gasteiger charge is -2.39. The van der Waals surface area contributed by atoms with E-state index in [0.717, 1.165) is 11.3 Å². The summed E-state index contributed by atoms with van der Waals surface area (Å²) in [6.07, 6.45) is 2.46. The van der Waals surface area contributed by atoms with Crippen LogP contribution in [0.3, 0.4) is 0 Å². The van der Waals surface area contributed by atoms with Gasteiger partial charge in [-0.3, -0.25) is 0 Å². The molecular weight excluding hydrogens is 378 g/mol. The highest BCUT2D eigenvalue weighted by Crippen LogP contribution is 2.53. The van der Waals surface area contributed by atoms with Gasteiger partial charge < -0.3 is 9.72 Å². The molecule has 0 spiro atoms. The van der Waals surface area contributed by atoms with Gasteiger partial charge in [0.15, 0.2) is 0 Å². The van der Waals surface area contributed by atoms with E-state index in [9.17, 15) is 4.79 Å². The molecule has 1 aliphatic carbocycles. The molecule has 152 valence electrons. The molecule has 0 fully saturated rings. The first-order chi connectivity index (χ1) is 13.6. The fourth-order valence-corrected chi connectivity index (χ4v) is 6.12. The number of thiophene rings is 1. The van der Waals surface area contributed by atoms with Gasteiger partial charge >= 0.3 is 5.97 Å². The number of carbonyl (C=O) groups is 1. The third-order valence-corrected chi connectivity index (χ3v) is 8.05. The minimum absolute atomic E-state index is 0.225. The Kier molecular flexibility index (Phi) is 4.73. The SMILES string of the molecule is COC(=O)c1ccc(-c2ccc(-c3sc4c(c3C)C(C)(C)CCC4(C)C)[nH]2)cc1. The monoisotopic (exact) mass is 407 g/mol.